The van der Waals surface area contributed by atoms with Gasteiger partial charge in [-0.25, -0.2) is 8.42 Å². The van der Waals surface area contributed by atoms with E-state index in [1.54, 1.807) is 37.3 Å². The minimum absolute atomic E-state index is 0.00498. The quantitative estimate of drug-likeness (QED) is 0.790. The molecular weight excluding hydrogens is 290 g/mol. The average Bonchev–Trinajstić information content (AvgIpc) is 2.47. The van der Waals surface area contributed by atoms with Gasteiger partial charge in [0.25, 0.3) is 0 Å². The van der Waals surface area contributed by atoms with Crippen molar-refractivity contribution in [3.05, 3.63) is 48.0 Å². The molecule has 5 nitrogen and oxygen atoms in total. The van der Waals surface area contributed by atoms with Crippen LogP contribution >= 0.6 is 0 Å². The van der Waals surface area contributed by atoms with E-state index >= 15 is 0 Å². The molecule has 0 fully saturated rings. The van der Waals surface area contributed by atoms with Gasteiger partial charge in [0.2, 0.25) is 0 Å². The first kappa shape index (κ1) is 15.2. The Morgan fingerprint density at radius 3 is 2.29 bits per heavy atom. The van der Waals surface area contributed by atoms with Crippen LogP contribution < -0.4 is 5.32 Å². The van der Waals surface area contributed by atoms with Gasteiger partial charge in [-0.05, 0) is 36.4 Å². The van der Waals surface area contributed by atoms with E-state index in [0.29, 0.717) is 17.0 Å². The highest BCUT2D eigenvalue weighted by molar-refractivity contribution is 7.91. The standard InChI is InChI=1S/C15H17NO4S/c1-2-21(19,20)14-7-4-12(5-8-14)16-10-11-3-6-13(17)9-15(11)18/h3-9,16-18H,2,10H2,1H3. The van der Waals surface area contributed by atoms with Crippen molar-refractivity contribution in [3.63, 3.8) is 0 Å². The Kier molecular flexibility index (Phi) is 4.37. The third-order valence-corrected chi connectivity index (χ3v) is 4.90. The van der Waals surface area contributed by atoms with Crippen molar-refractivity contribution in [1.82, 2.24) is 0 Å². The van der Waals surface area contributed by atoms with E-state index in [0.717, 1.165) is 5.69 Å². The summed E-state index contributed by atoms with van der Waals surface area (Å²) in [6, 6.07) is 10.9. The average molecular weight is 307 g/mol. The number of rotatable bonds is 5. The van der Waals surface area contributed by atoms with Crippen molar-refractivity contribution < 1.29 is 18.6 Å². The van der Waals surface area contributed by atoms with Gasteiger partial charge >= 0.3 is 0 Å². The van der Waals surface area contributed by atoms with E-state index in [1.807, 2.05) is 0 Å². The second-order valence-electron chi connectivity index (χ2n) is 4.59. The second kappa shape index (κ2) is 6.05. The zero-order chi connectivity index (χ0) is 15.5. The molecule has 21 heavy (non-hydrogen) atoms. The summed E-state index contributed by atoms with van der Waals surface area (Å²) in [5.74, 6) is 0.0827. The fourth-order valence-electron chi connectivity index (χ4n) is 1.85. The Labute approximate surface area is 123 Å². The molecule has 0 heterocycles. The van der Waals surface area contributed by atoms with Crippen LogP contribution in [0.4, 0.5) is 5.69 Å². The zero-order valence-electron chi connectivity index (χ0n) is 11.6. The molecule has 2 aromatic carbocycles. The summed E-state index contributed by atoms with van der Waals surface area (Å²) in [7, 11) is -3.19. The highest BCUT2D eigenvalue weighted by Crippen LogP contribution is 2.23. The lowest BCUT2D eigenvalue weighted by Gasteiger charge is -2.09. The summed E-state index contributed by atoms with van der Waals surface area (Å²) in [5, 5.41) is 22.0. The summed E-state index contributed by atoms with van der Waals surface area (Å²) in [4.78, 5) is 0.294. The van der Waals surface area contributed by atoms with Crippen LogP contribution in [0.3, 0.4) is 0 Å². The lowest BCUT2D eigenvalue weighted by molar-refractivity contribution is 0.446. The van der Waals surface area contributed by atoms with Crippen molar-refractivity contribution in [1.29, 1.82) is 0 Å². The molecule has 3 N–H and O–H groups in total. The van der Waals surface area contributed by atoms with Crippen LogP contribution in [0.15, 0.2) is 47.4 Å². The molecule has 0 amide bonds. The fourth-order valence-corrected chi connectivity index (χ4v) is 2.73. The van der Waals surface area contributed by atoms with Crippen LogP contribution in [-0.4, -0.2) is 24.4 Å². The van der Waals surface area contributed by atoms with Crippen molar-refractivity contribution in [3.8, 4) is 11.5 Å². The summed E-state index contributed by atoms with van der Waals surface area (Å²) >= 11 is 0. The number of anilines is 1. The molecule has 2 rings (SSSR count). The molecule has 2 aromatic rings. The van der Waals surface area contributed by atoms with Gasteiger partial charge in [0.1, 0.15) is 11.5 Å². The van der Waals surface area contributed by atoms with Gasteiger partial charge < -0.3 is 15.5 Å². The van der Waals surface area contributed by atoms with Gasteiger partial charge in [0.05, 0.1) is 10.6 Å². The molecule has 112 valence electrons. The number of aromatic hydroxyl groups is 2. The first-order valence-corrected chi connectivity index (χ1v) is 8.15. The molecule has 0 aliphatic rings. The van der Waals surface area contributed by atoms with Gasteiger partial charge in [0, 0.05) is 23.9 Å². The van der Waals surface area contributed by atoms with Crippen molar-refractivity contribution in [2.45, 2.75) is 18.4 Å². The normalized spacial score (nSPS) is 11.3. The summed E-state index contributed by atoms with van der Waals surface area (Å²) in [5.41, 5.74) is 1.38. The number of nitrogens with one attached hydrogen (secondary N) is 1. The Bertz CT molecular complexity index is 724. The third kappa shape index (κ3) is 3.66. The van der Waals surface area contributed by atoms with E-state index < -0.39 is 9.84 Å². The van der Waals surface area contributed by atoms with Crippen molar-refractivity contribution in [2.24, 2.45) is 0 Å². The van der Waals surface area contributed by atoms with Gasteiger partial charge in [-0.1, -0.05) is 6.92 Å². The van der Waals surface area contributed by atoms with E-state index in [1.165, 1.54) is 12.1 Å². The predicted octanol–water partition coefficient (Wildman–Crippen LogP) is 2.50. The Balaban J connectivity index is 2.07. The number of sulfone groups is 1. The highest BCUT2D eigenvalue weighted by atomic mass is 32.2. The number of hydrogen-bond donors (Lipinski definition) is 3. The molecule has 6 heteroatoms. The van der Waals surface area contributed by atoms with E-state index in [9.17, 15) is 18.6 Å². The lowest BCUT2D eigenvalue weighted by atomic mass is 10.2. The number of benzene rings is 2. The molecule has 0 saturated carbocycles. The van der Waals surface area contributed by atoms with Crippen LogP contribution in [-0.2, 0) is 16.4 Å². The van der Waals surface area contributed by atoms with Gasteiger partial charge in [-0.2, -0.15) is 0 Å². The predicted molar refractivity (Wildman–Crippen MR) is 81.3 cm³/mol. The minimum Gasteiger partial charge on any atom is -0.508 e. The molecule has 0 atom stereocenters. The van der Waals surface area contributed by atoms with Crippen molar-refractivity contribution >= 4 is 15.5 Å². The van der Waals surface area contributed by atoms with E-state index in [-0.39, 0.29) is 17.3 Å². The zero-order valence-corrected chi connectivity index (χ0v) is 12.4. The van der Waals surface area contributed by atoms with Crippen LogP contribution in [0, 0.1) is 0 Å². The van der Waals surface area contributed by atoms with E-state index in [2.05, 4.69) is 5.32 Å². The summed E-state index contributed by atoms with van der Waals surface area (Å²) in [6.45, 7) is 1.97. The second-order valence-corrected chi connectivity index (χ2v) is 6.87. The smallest absolute Gasteiger partial charge is 0.178 e. The molecule has 0 aromatic heterocycles. The van der Waals surface area contributed by atoms with Crippen LogP contribution in [0.25, 0.3) is 0 Å². The number of phenols is 2. The van der Waals surface area contributed by atoms with E-state index in [4.69, 9.17) is 0 Å². The number of hydrogen-bond acceptors (Lipinski definition) is 5. The topological polar surface area (TPSA) is 86.6 Å². The molecule has 0 aliphatic heterocycles. The minimum atomic E-state index is -3.19. The Morgan fingerprint density at radius 1 is 1.05 bits per heavy atom. The molecule has 0 aliphatic carbocycles. The maximum Gasteiger partial charge on any atom is 0.178 e. The first-order valence-electron chi connectivity index (χ1n) is 6.50. The maximum atomic E-state index is 11.7. The lowest BCUT2D eigenvalue weighted by Crippen LogP contribution is -2.04. The Hall–Kier alpha value is -2.21. The molecule has 0 unspecified atom stereocenters. The first-order chi connectivity index (χ1) is 9.92. The molecule has 0 bridgehead atoms. The molecule has 0 saturated heterocycles. The van der Waals surface area contributed by atoms with Crippen LogP contribution in [0.5, 0.6) is 11.5 Å². The van der Waals surface area contributed by atoms with Crippen LogP contribution in [0.2, 0.25) is 0 Å². The van der Waals surface area contributed by atoms with Crippen LogP contribution in [0.1, 0.15) is 12.5 Å². The highest BCUT2D eigenvalue weighted by Gasteiger charge is 2.10. The van der Waals surface area contributed by atoms with Gasteiger partial charge in [-0.15, -0.1) is 0 Å². The monoisotopic (exact) mass is 307 g/mol. The largest absolute Gasteiger partial charge is 0.508 e. The maximum absolute atomic E-state index is 11.7. The molecule has 0 spiro atoms. The van der Waals surface area contributed by atoms with Crippen molar-refractivity contribution in [2.75, 3.05) is 11.1 Å². The third-order valence-electron chi connectivity index (χ3n) is 3.15. The van der Waals surface area contributed by atoms with Gasteiger partial charge in [-0.3, -0.25) is 0 Å². The summed E-state index contributed by atoms with van der Waals surface area (Å²) < 4.78 is 23.4. The SMILES string of the molecule is CCS(=O)(=O)c1ccc(NCc2ccc(O)cc2O)cc1. The fraction of sp³-hybridized carbons (Fsp3) is 0.200. The number of phenolic OH excluding ortho intramolecular Hbond substituents is 2. The van der Waals surface area contributed by atoms with Gasteiger partial charge in [0.15, 0.2) is 9.84 Å². The molecular formula is C15H17NO4S. The summed E-state index contributed by atoms with van der Waals surface area (Å²) in [6.07, 6.45) is 0. The molecule has 0 radical (unpaired) electrons. The Morgan fingerprint density at radius 2 is 1.71 bits per heavy atom.